The Bertz CT molecular complexity index is 581. The van der Waals surface area contributed by atoms with Gasteiger partial charge in [-0.2, -0.15) is 0 Å². The normalized spacial score (nSPS) is 10.8. The predicted octanol–water partition coefficient (Wildman–Crippen LogP) is 2.64. The summed E-state index contributed by atoms with van der Waals surface area (Å²) in [5, 5.41) is 0.603. The largest absolute Gasteiger partial charge is 0.468 e. The highest BCUT2D eigenvalue weighted by Crippen LogP contribution is 2.21. The molecule has 0 radical (unpaired) electrons. The minimum Gasteiger partial charge on any atom is -0.468 e. The fourth-order valence-corrected chi connectivity index (χ4v) is 2.13. The summed E-state index contributed by atoms with van der Waals surface area (Å²) in [4.78, 5) is 15.9. The first-order valence-corrected chi connectivity index (χ1v) is 6.34. The maximum Gasteiger partial charge on any atom is 0.325 e. The number of aryl methyl sites for hydroxylation is 1. The number of benzene rings is 1. The van der Waals surface area contributed by atoms with Crippen LogP contribution in [0.15, 0.2) is 18.2 Å². The number of methoxy groups -OCH3 is 1. The van der Waals surface area contributed by atoms with Crippen molar-refractivity contribution >= 4 is 40.2 Å². The zero-order valence-corrected chi connectivity index (χ0v) is 11.3. The highest BCUT2D eigenvalue weighted by molar-refractivity contribution is 6.31. The van der Waals surface area contributed by atoms with Gasteiger partial charge in [0.2, 0.25) is 0 Å². The smallest absolute Gasteiger partial charge is 0.325 e. The van der Waals surface area contributed by atoms with E-state index >= 15 is 0 Å². The molecule has 0 aliphatic carbocycles. The first-order valence-electron chi connectivity index (χ1n) is 5.43. The van der Waals surface area contributed by atoms with E-state index in [4.69, 9.17) is 23.2 Å². The Morgan fingerprint density at radius 2 is 2.28 bits per heavy atom. The number of hydrogen-bond donors (Lipinski definition) is 0. The molecule has 6 heteroatoms. The van der Waals surface area contributed by atoms with E-state index in [0.29, 0.717) is 17.3 Å². The van der Waals surface area contributed by atoms with Gasteiger partial charge in [-0.15, -0.1) is 11.6 Å². The number of carbonyl (C=O) groups is 1. The summed E-state index contributed by atoms with van der Waals surface area (Å²) in [6, 6.07) is 5.37. The Labute approximate surface area is 114 Å². The average molecular weight is 287 g/mol. The van der Waals surface area contributed by atoms with Gasteiger partial charge in [-0.3, -0.25) is 4.79 Å². The maximum absolute atomic E-state index is 11.4. The fourth-order valence-electron chi connectivity index (χ4n) is 1.79. The monoisotopic (exact) mass is 286 g/mol. The average Bonchev–Trinajstić information content (AvgIpc) is 2.68. The topological polar surface area (TPSA) is 44.1 Å². The van der Waals surface area contributed by atoms with E-state index in [1.54, 1.807) is 16.7 Å². The highest BCUT2D eigenvalue weighted by atomic mass is 35.5. The molecule has 18 heavy (non-hydrogen) atoms. The predicted molar refractivity (Wildman–Crippen MR) is 71.2 cm³/mol. The molecule has 0 fully saturated rings. The minimum absolute atomic E-state index is 0.111. The summed E-state index contributed by atoms with van der Waals surface area (Å²) >= 11 is 11.7. The molecule has 2 aromatic rings. The molecule has 0 bridgehead atoms. The Kier molecular flexibility index (Phi) is 4.09. The Balaban J connectivity index is 2.53. The van der Waals surface area contributed by atoms with Gasteiger partial charge in [0.1, 0.15) is 12.4 Å². The number of carbonyl (C=O) groups excluding carboxylic acids is 1. The minimum atomic E-state index is -0.329. The summed E-state index contributed by atoms with van der Waals surface area (Å²) < 4.78 is 6.47. The number of esters is 1. The van der Waals surface area contributed by atoms with Crippen LogP contribution < -0.4 is 0 Å². The third kappa shape index (κ3) is 2.60. The van der Waals surface area contributed by atoms with E-state index in [1.807, 2.05) is 6.07 Å². The number of imidazole rings is 1. The van der Waals surface area contributed by atoms with Gasteiger partial charge in [0.05, 0.1) is 18.1 Å². The van der Waals surface area contributed by atoms with Crippen molar-refractivity contribution in [1.82, 2.24) is 9.55 Å². The van der Waals surface area contributed by atoms with Crippen LogP contribution in [-0.4, -0.2) is 28.5 Å². The summed E-state index contributed by atoms with van der Waals surface area (Å²) in [7, 11) is 1.36. The van der Waals surface area contributed by atoms with Crippen LogP contribution in [-0.2, 0) is 22.5 Å². The zero-order chi connectivity index (χ0) is 13.1. The first-order chi connectivity index (χ1) is 8.65. The second-order valence-corrected chi connectivity index (χ2v) is 4.58. The number of halogens is 2. The van der Waals surface area contributed by atoms with E-state index in [2.05, 4.69) is 9.72 Å². The number of fused-ring (bicyclic) bond motifs is 1. The van der Waals surface area contributed by atoms with E-state index in [-0.39, 0.29) is 12.5 Å². The number of ether oxygens (including phenoxy) is 1. The quantitative estimate of drug-likeness (QED) is 0.641. The third-order valence-corrected chi connectivity index (χ3v) is 3.05. The van der Waals surface area contributed by atoms with Gasteiger partial charge in [-0.05, 0) is 18.2 Å². The molecule has 0 unspecified atom stereocenters. The van der Waals surface area contributed by atoms with Crippen molar-refractivity contribution < 1.29 is 9.53 Å². The number of alkyl halides is 1. The second kappa shape index (κ2) is 5.59. The lowest BCUT2D eigenvalue weighted by Gasteiger charge is -2.06. The molecular weight excluding hydrogens is 275 g/mol. The molecule has 0 aliphatic rings. The van der Waals surface area contributed by atoms with Crippen molar-refractivity contribution in [3.63, 3.8) is 0 Å². The van der Waals surface area contributed by atoms with Crippen molar-refractivity contribution in [2.24, 2.45) is 0 Å². The summed E-state index contributed by atoms with van der Waals surface area (Å²) in [5.74, 6) is 0.871. The van der Waals surface area contributed by atoms with Crippen LogP contribution in [0.5, 0.6) is 0 Å². The lowest BCUT2D eigenvalue weighted by atomic mass is 10.3. The van der Waals surface area contributed by atoms with Crippen molar-refractivity contribution in [2.45, 2.75) is 13.0 Å². The van der Waals surface area contributed by atoms with E-state index in [9.17, 15) is 4.79 Å². The summed E-state index contributed by atoms with van der Waals surface area (Å²) in [6.07, 6.45) is 0.588. The molecule has 0 atom stereocenters. The molecule has 0 amide bonds. The second-order valence-electron chi connectivity index (χ2n) is 3.76. The van der Waals surface area contributed by atoms with Gasteiger partial charge < -0.3 is 9.30 Å². The molecule has 2 rings (SSSR count). The van der Waals surface area contributed by atoms with Gasteiger partial charge >= 0.3 is 5.97 Å². The third-order valence-electron chi connectivity index (χ3n) is 2.62. The van der Waals surface area contributed by atoms with Crippen molar-refractivity contribution in [1.29, 1.82) is 0 Å². The highest BCUT2D eigenvalue weighted by Gasteiger charge is 2.13. The molecule has 1 heterocycles. The molecule has 4 nitrogen and oxygen atoms in total. The van der Waals surface area contributed by atoms with Crippen LogP contribution in [0.1, 0.15) is 5.82 Å². The maximum atomic E-state index is 11.4. The van der Waals surface area contributed by atoms with Crippen LogP contribution in [0.3, 0.4) is 0 Å². The first kappa shape index (κ1) is 13.2. The number of nitrogens with zero attached hydrogens (tertiary/aromatic N) is 2. The van der Waals surface area contributed by atoms with Gasteiger partial charge in [-0.25, -0.2) is 4.98 Å². The van der Waals surface area contributed by atoms with Gasteiger partial charge in [0.15, 0.2) is 0 Å². The Morgan fingerprint density at radius 3 is 2.94 bits per heavy atom. The van der Waals surface area contributed by atoms with Crippen molar-refractivity contribution in [2.75, 3.05) is 13.0 Å². The lowest BCUT2D eigenvalue weighted by molar-refractivity contribution is -0.141. The van der Waals surface area contributed by atoms with E-state index < -0.39 is 0 Å². The SMILES string of the molecule is COC(=O)Cn1c(CCCl)nc2ccc(Cl)cc21. The van der Waals surface area contributed by atoms with Crippen LogP contribution >= 0.6 is 23.2 Å². The van der Waals surface area contributed by atoms with Crippen LogP contribution in [0, 0.1) is 0 Å². The number of rotatable bonds is 4. The van der Waals surface area contributed by atoms with Gasteiger partial charge in [-0.1, -0.05) is 11.6 Å². The van der Waals surface area contributed by atoms with Crippen LogP contribution in [0.25, 0.3) is 11.0 Å². The summed E-state index contributed by atoms with van der Waals surface area (Å²) in [5.41, 5.74) is 1.61. The zero-order valence-electron chi connectivity index (χ0n) is 9.82. The lowest BCUT2D eigenvalue weighted by Crippen LogP contribution is -2.14. The fraction of sp³-hybridized carbons (Fsp3) is 0.333. The van der Waals surface area contributed by atoms with Gasteiger partial charge in [0.25, 0.3) is 0 Å². The standard InChI is InChI=1S/C12H12Cl2N2O2/c1-18-12(17)7-16-10-6-8(14)2-3-9(10)15-11(16)4-5-13/h2-3,6H,4-5,7H2,1H3. The molecule has 0 aliphatic heterocycles. The molecular formula is C12H12Cl2N2O2. The van der Waals surface area contributed by atoms with E-state index in [1.165, 1.54) is 7.11 Å². The van der Waals surface area contributed by atoms with Gasteiger partial charge in [0, 0.05) is 17.3 Å². The van der Waals surface area contributed by atoms with Crippen molar-refractivity contribution in [3.05, 3.63) is 29.0 Å². The molecule has 0 N–H and O–H groups in total. The van der Waals surface area contributed by atoms with Crippen LogP contribution in [0.2, 0.25) is 5.02 Å². The Morgan fingerprint density at radius 1 is 1.50 bits per heavy atom. The molecule has 1 aromatic heterocycles. The molecule has 0 saturated carbocycles. The number of aromatic nitrogens is 2. The van der Waals surface area contributed by atoms with Crippen molar-refractivity contribution in [3.8, 4) is 0 Å². The van der Waals surface area contributed by atoms with E-state index in [0.717, 1.165) is 16.9 Å². The van der Waals surface area contributed by atoms with Crippen LogP contribution in [0.4, 0.5) is 0 Å². The molecule has 0 saturated heterocycles. The molecule has 1 aromatic carbocycles. The molecule has 96 valence electrons. The number of hydrogen-bond acceptors (Lipinski definition) is 3. The summed E-state index contributed by atoms with van der Waals surface area (Å²) in [6.45, 7) is 0.111. The molecule has 0 spiro atoms. The Hall–Kier alpha value is -1.26.